The van der Waals surface area contributed by atoms with Gasteiger partial charge in [0.15, 0.2) is 5.03 Å². The second-order valence-electron chi connectivity index (χ2n) is 4.98. The van der Waals surface area contributed by atoms with Gasteiger partial charge in [-0.3, -0.25) is 0 Å². The molecular formula is C13H15ClFN3O2S. The molecule has 0 amide bonds. The fraction of sp³-hybridized carbons (Fsp3) is 0.308. The van der Waals surface area contributed by atoms with Crippen LogP contribution in [-0.4, -0.2) is 18.0 Å². The summed E-state index contributed by atoms with van der Waals surface area (Å²) in [5.74, 6) is -0.0547. The molecular weight excluding hydrogens is 317 g/mol. The number of benzene rings is 1. The van der Waals surface area contributed by atoms with Crippen LogP contribution in [0.3, 0.4) is 0 Å². The lowest BCUT2D eigenvalue weighted by Gasteiger charge is -2.11. The lowest BCUT2D eigenvalue weighted by atomic mass is 10.2. The maximum Gasteiger partial charge on any atom is 0.257 e. The molecule has 1 aromatic carbocycles. The molecule has 8 heteroatoms. The molecule has 21 heavy (non-hydrogen) atoms. The molecule has 2 rings (SSSR count). The van der Waals surface area contributed by atoms with Gasteiger partial charge in [-0.15, -0.1) is 0 Å². The zero-order valence-electron chi connectivity index (χ0n) is 11.5. The zero-order chi connectivity index (χ0) is 15.8. The molecule has 5 nitrogen and oxygen atoms in total. The van der Waals surface area contributed by atoms with Gasteiger partial charge >= 0.3 is 0 Å². The van der Waals surface area contributed by atoms with Crippen LogP contribution in [0.15, 0.2) is 29.4 Å². The fourth-order valence-electron chi connectivity index (χ4n) is 1.98. The number of imidazole rings is 1. The van der Waals surface area contributed by atoms with Crippen molar-refractivity contribution in [3.8, 4) is 0 Å². The number of rotatable bonds is 4. The molecule has 0 bridgehead atoms. The van der Waals surface area contributed by atoms with E-state index < -0.39 is 15.8 Å². The average molecular weight is 332 g/mol. The third-order valence-corrected chi connectivity index (χ3v) is 4.04. The van der Waals surface area contributed by atoms with Gasteiger partial charge in [-0.05, 0) is 6.07 Å². The Morgan fingerprint density at radius 2 is 2.10 bits per heavy atom. The Bertz CT molecular complexity index is 772. The normalized spacial score (nSPS) is 12.1. The Balaban J connectivity index is 2.48. The average Bonchev–Trinajstić information content (AvgIpc) is 2.79. The van der Waals surface area contributed by atoms with Gasteiger partial charge in [0, 0.05) is 17.7 Å². The second kappa shape index (κ2) is 5.75. The van der Waals surface area contributed by atoms with Crippen molar-refractivity contribution in [1.82, 2.24) is 9.55 Å². The molecule has 0 radical (unpaired) electrons. The van der Waals surface area contributed by atoms with Crippen molar-refractivity contribution in [3.05, 3.63) is 46.6 Å². The van der Waals surface area contributed by atoms with Crippen LogP contribution in [0.5, 0.6) is 0 Å². The first kappa shape index (κ1) is 15.9. The van der Waals surface area contributed by atoms with Crippen molar-refractivity contribution < 1.29 is 12.8 Å². The summed E-state index contributed by atoms with van der Waals surface area (Å²) in [5, 5.41) is 4.88. The third-order valence-electron chi connectivity index (χ3n) is 2.97. The molecule has 0 saturated heterocycles. The van der Waals surface area contributed by atoms with E-state index in [-0.39, 0.29) is 22.5 Å². The van der Waals surface area contributed by atoms with E-state index in [1.807, 2.05) is 13.8 Å². The maximum atomic E-state index is 14.0. The molecule has 1 aromatic heterocycles. The first-order valence-corrected chi connectivity index (χ1v) is 8.15. The molecule has 2 aromatic rings. The van der Waals surface area contributed by atoms with E-state index in [2.05, 4.69) is 4.98 Å². The number of halogens is 2. The van der Waals surface area contributed by atoms with Gasteiger partial charge in [-0.2, -0.15) is 0 Å². The van der Waals surface area contributed by atoms with Crippen molar-refractivity contribution in [2.75, 3.05) is 0 Å². The summed E-state index contributed by atoms with van der Waals surface area (Å²) in [6.07, 6.45) is 1.31. The van der Waals surface area contributed by atoms with Gasteiger partial charge in [-0.25, -0.2) is 22.9 Å². The van der Waals surface area contributed by atoms with Gasteiger partial charge in [0.25, 0.3) is 10.0 Å². The molecule has 0 aliphatic carbocycles. The third kappa shape index (κ3) is 3.42. The molecule has 0 atom stereocenters. The van der Waals surface area contributed by atoms with Gasteiger partial charge in [0.1, 0.15) is 11.6 Å². The Kier molecular flexibility index (Phi) is 4.36. The van der Waals surface area contributed by atoms with Crippen LogP contribution in [-0.2, 0) is 16.6 Å². The van der Waals surface area contributed by atoms with Gasteiger partial charge < -0.3 is 4.57 Å². The topological polar surface area (TPSA) is 78.0 Å². The fourth-order valence-corrected chi connectivity index (χ4v) is 2.67. The minimum absolute atomic E-state index is 0.0189. The lowest BCUT2D eigenvalue weighted by molar-refractivity contribution is 0.589. The SMILES string of the molecule is CC(C)c1nc(S(N)(=O)=O)cn1Cc1cccc(Cl)c1F. The van der Waals surface area contributed by atoms with Gasteiger partial charge in [0.05, 0.1) is 11.6 Å². The zero-order valence-corrected chi connectivity index (χ0v) is 13.1. The Morgan fingerprint density at radius 3 is 2.67 bits per heavy atom. The number of sulfonamides is 1. The van der Waals surface area contributed by atoms with Crippen molar-refractivity contribution in [2.24, 2.45) is 5.14 Å². The molecule has 114 valence electrons. The van der Waals surface area contributed by atoms with E-state index in [1.165, 1.54) is 12.3 Å². The van der Waals surface area contributed by atoms with Crippen LogP contribution in [0, 0.1) is 5.82 Å². The summed E-state index contributed by atoms with van der Waals surface area (Å²) in [4.78, 5) is 4.02. The van der Waals surface area contributed by atoms with Crippen molar-refractivity contribution in [2.45, 2.75) is 31.3 Å². The van der Waals surface area contributed by atoms with E-state index in [1.54, 1.807) is 16.7 Å². The monoisotopic (exact) mass is 331 g/mol. The first-order valence-electron chi connectivity index (χ1n) is 6.23. The largest absolute Gasteiger partial charge is 0.329 e. The summed E-state index contributed by atoms with van der Waals surface area (Å²) < 4.78 is 38.3. The summed E-state index contributed by atoms with van der Waals surface area (Å²) in [6, 6.07) is 4.67. The Morgan fingerprint density at radius 1 is 1.43 bits per heavy atom. The number of nitrogens with zero attached hydrogens (tertiary/aromatic N) is 2. The van der Waals surface area contributed by atoms with Crippen LogP contribution < -0.4 is 5.14 Å². The highest BCUT2D eigenvalue weighted by Gasteiger charge is 2.19. The first-order chi connectivity index (χ1) is 9.70. The minimum atomic E-state index is -3.90. The number of nitrogens with two attached hydrogens (primary N) is 1. The molecule has 1 heterocycles. The highest BCUT2D eigenvalue weighted by Crippen LogP contribution is 2.22. The summed E-state index contributed by atoms with van der Waals surface area (Å²) in [6.45, 7) is 3.85. The molecule has 0 spiro atoms. The smallest absolute Gasteiger partial charge is 0.257 e. The van der Waals surface area contributed by atoms with Crippen LogP contribution in [0.2, 0.25) is 5.02 Å². The maximum absolute atomic E-state index is 14.0. The minimum Gasteiger partial charge on any atom is -0.329 e. The van der Waals surface area contributed by atoms with E-state index in [9.17, 15) is 12.8 Å². The highest BCUT2D eigenvalue weighted by molar-refractivity contribution is 7.89. The number of primary sulfonamides is 1. The molecule has 0 unspecified atom stereocenters. The Labute approximate surface area is 127 Å². The summed E-state index contributed by atoms with van der Waals surface area (Å²) in [5.41, 5.74) is 0.350. The van der Waals surface area contributed by atoms with E-state index in [4.69, 9.17) is 16.7 Å². The predicted octanol–water partition coefficient (Wildman–Crippen LogP) is 2.49. The van der Waals surface area contributed by atoms with Crippen LogP contribution in [0.1, 0.15) is 31.2 Å². The molecule has 0 aliphatic heterocycles. The van der Waals surface area contributed by atoms with Crippen molar-refractivity contribution in [1.29, 1.82) is 0 Å². The number of hydrogen-bond donors (Lipinski definition) is 1. The predicted molar refractivity (Wildman–Crippen MR) is 78.2 cm³/mol. The lowest BCUT2D eigenvalue weighted by Crippen LogP contribution is -2.12. The van der Waals surface area contributed by atoms with Gasteiger partial charge in [0.2, 0.25) is 0 Å². The van der Waals surface area contributed by atoms with E-state index in [0.717, 1.165) is 0 Å². The molecule has 0 saturated carbocycles. The highest BCUT2D eigenvalue weighted by atomic mass is 35.5. The summed E-state index contributed by atoms with van der Waals surface area (Å²) >= 11 is 5.74. The van der Waals surface area contributed by atoms with E-state index >= 15 is 0 Å². The van der Waals surface area contributed by atoms with Crippen LogP contribution >= 0.6 is 11.6 Å². The molecule has 2 N–H and O–H groups in total. The van der Waals surface area contributed by atoms with Gasteiger partial charge in [-0.1, -0.05) is 37.6 Å². The van der Waals surface area contributed by atoms with Crippen LogP contribution in [0.25, 0.3) is 0 Å². The molecule has 0 fully saturated rings. The standard InChI is InChI=1S/C13H15ClFN3O2S/c1-8(2)13-17-11(21(16,19)20)7-18(13)6-9-4-3-5-10(14)12(9)15/h3-5,7-8H,6H2,1-2H3,(H2,16,19,20). The van der Waals surface area contributed by atoms with Crippen molar-refractivity contribution >= 4 is 21.6 Å². The quantitative estimate of drug-likeness (QED) is 0.935. The number of aromatic nitrogens is 2. The summed E-state index contributed by atoms with van der Waals surface area (Å²) in [7, 11) is -3.90. The Hall–Kier alpha value is -1.44. The van der Waals surface area contributed by atoms with E-state index in [0.29, 0.717) is 11.4 Å². The second-order valence-corrected chi connectivity index (χ2v) is 6.89. The number of hydrogen-bond acceptors (Lipinski definition) is 3. The van der Waals surface area contributed by atoms with Crippen LogP contribution in [0.4, 0.5) is 4.39 Å². The van der Waals surface area contributed by atoms with Crippen molar-refractivity contribution in [3.63, 3.8) is 0 Å². The molecule has 0 aliphatic rings.